The van der Waals surface area contributed by atoms with Crippen LogP contribution in [0.1, 0.15) is 17.5 Å². The summed E-state index contributed by atoms with van der Waals surface area (Å²) in [4.78, 5) is 0. The summed E-state index contributed by atoms with van der Waals surface area (Å²) in [6.07, 6.45) is 0.621. The van der Waals surface area contributed by atoms with Crippen LogP contribution in [-0.4, -0.2) is 18.3 Å². The molecule has 1 aromatic rings. The van der Waals surface area contributed by atoms with Crippen LogP contribution in [-0.2, 0) is 10.3 Å². The maximum absolute atomic E-state index is 10.3. The maximum Gasteiger partial charge on any atom is 0.116 e. The van der Waals surface area contributed by atoms with E-state index in [-0.39, 0.29) is 0 Å². The van der Waals surface area contributed by atoms with Crippen molar-refractivity contribution in [2.75, 3.05) is 13.2 Å². The lowest BCUT2D eigenvalue weighted by Gasteiger charge is -2.22. The zero-order valence-electron chi connectivity index (χ0n) is 8.09. The number of hydrogen-bond donors (Lipinski definition) is 1. The van der Waals surface area contributed by atoms with Gasteiger partial charge in [0.1, 0.15) is 5.60 Å². The van der Waals surface area contributed by atoms with Crippen molar-refractivity contribution in [1.29, 1.82) is 0 Å². The first-order chi connectivity index (χ1) is 6.62. The second-order valence-electron chi connectivity index (χ2n) is 3.82. The van der Waals surface area contributed by atoms with Gasteiger partial charge in [-0.05, 0) is 13.0 Å². The maximum atomic E-state index is 10.3. The average molecular weight is 213 g/mol. The van der Waals surface area contributed by atoms with Gasteiger partial charge >= 0.3 is 0 Å². The van der Waals surface area contributed by atoms with E-state index in [9.17, 15) is 5.11 Å². The van der Waals surface area contributed by atoms with Gasteiger partial charge < -0.3 is 9.84 Å². The number of aliphatic hydroxyl groups is 1. The van der Waals surface area contributed by atoms with Gasteiger partial charge in [0.05, 0.1) is 6.61 Å². The van der Waals surface area contributed by atoms with Gasteiger partial charge in [-0.1, -0.05) is 29.3 Å². The van der Waals surface area contributed by atoms with Gasteiger partial charge in [0.15, 0.2) is 0 Å². The largest absolute Gasteiger partial charge is 0.383 e. The molecule has 0 spiro atoms. The normalized spacial score (nSPS) is 26.8. The fourth-order valence-electron chi connectivity index (χ4n) is 1.76. The predicted octanol–water partition coefficient (Wildman–Crippen LogP) is 2.26. The van der Waals surface area contributed by atoms with Crippen LogP contribution in [0.15, 0.2) is 18.2 Å². The molecule has 0 bridgehead atoms. The Morgan fingerprint density at radius 3 is 2.93 bits per heavy atom. The molecule has 0 radical (unpaired) electrons. The molecule has 0 amide bonds. The van der Waals surface area contributed by atoms with E-state index >= 15 is 0 Å². The summed E-state index contributed by atoms with van der Waals surface area (Å²) in [7, 11) is 0. The third-order valence-corrected chi connectivity index (χ3v) is 2.95. The molecule has 1 fully saturated rings. The topological polar surface area (TPSA) is 29.5 Å². The smallest absolute Gasteiger partial charge is 0.116 e. The molecule has 1 aliphatic rings. The van der Waals surface area contributed by atoms with Gasteiger partial charge in [-0.25, -0.2) is 0 Å². The molecule has 3 heteroatoms. The Morgan fingerprint density at radius 1 is 1.50 bits per heavy atom. The van der Waals surface area contributed by atoms with E-state index in [1.165, 1.54) is 0 Å². The van der Waals surface area contributed by atoms with Crippen LogP contribution in [0, 0.1) is 6.92 Å². The molecule has 1 atom stereocenters. The van der Waals surface area contributed by atoms with Gasteiger partial charge in [-0.2, -0.15) is 0 Å². The van der Waals surface area contributed by atoms with Gasteiger partial charge in [0, 0.05) is 23.6 Å². The molecule has 0 saturated carbocycles. The molecule has 1 aromatic carbocycles. The highest BCUT2D eigenvalue weighted by atomic mass is 35.5. The van der Waals surface area contributed by atoms with Crippen molar-refractivity contribution in [3.8, 4) is 0 Å². The predicted molar refractivity (Wildman–Crippen MR) is 55.5 cm³/mol. The highest BCUT2D eigenvalue weighted by Crippen LogP contribution is 2.35. The molecule has 1 N–H and O–H groups in total. The molecular formula is C11H13ClO2. The molecule has 2 rings (SSSR count). The minimum atomic E-state index is -0.886. The fourth-order valence-corrected chi connectivity index (χ4v) is 2.06. The van der Waals surface area contributed by atoms with E-state index in [4.69, 9.17) is 16.3 Å². The third kappa shape index (κ3) is 1.65. The number of halogens is 1. The van der Waals surface area contributed by atoms with Crippen LogP contribution in [0.25, 0.3) is 0 Å². The van der Waals surface area contributed by atoms with E-state index in [1.54, 1.807) is 0 Å². The summed E-state index contributed by atoms with van der Waals surface area (Å²) in [6.45, 7) is 2.93. The van der Waals surface area contributed by atoms with E-state index in [2.05, 4.69) is 0 Å². The van der Waals surface area contributed by atoms with Gasteiger partial charge in [-0.15, -0.1) is 0 Å². The minimum Gasteiger partial charge on any atom is -0.383 e. The Bertz CT molecular complexity index is 343. The lowest BCUT2D eigenvalue weighted by molar-refractivity contribution is 0.0232. The van der Waals surface area contributed by atoms with Crippen LogP contribution < -0.4 is 0 Å². The molecule has 1 heterocycles. The molecule has 14 heavy (non-hydrogen) atoms. The van der Waals surface area contributed by atoms with Crippen molar-refractivity contribution in [2.24, 2.45) is 0 Å². The summed E-state index contributed by atoms with van der Waals surface area (Å²) >= 11 is 6.05. The number of ether oxygens (including phenoxy) is 1. The van der Waals surface area contributed by atoms with Crippen molar-refractivity contribution in [1.82, 2.24) is 0 Å². The van der Waals surface area contributed by atoms with Crippen molar-refractivity contribution in [2.45, 2.75) is 18.9 Å². The van der Waals surface area contributed by atoms with Crippen LogP contribution in [0.2, 0.25) is 5.02 Å². The SMILES string of the molecule is Cc1ccc(Cl)c(C2(O)CCOC2)c1. The van der Waals surface area contributed by atoms with Gasteiger partial charge in [-0.3, -0.25) is 0 Å². The lowest BCUT2D eigenvalue weighted by atomic mass is 9.92. The molecule has 1 saturated heterocycles. The van der Waals surface area contributed by atoms with Crippen molar-refractivity contribution < 1.29 is 9.84 Å². The van der Waals surface area contributed by atoms with Crippen molar-refractivity contribution in [3.05, 3.63) is 34.3 Å². The first-order valence-corrected chi connectivity index (χ1v) is 5.06. The van der Waals surface area contributed by atoms with E-state index in [0.29, 0.717) is 24.7 Å². The average Bonchev–Trinajstić information content (AvgIpc) is 2.58. The Balaban J connectivity index is 2.44. The highest BCUT2D eigenvalue weighted by molar-refractivity contribution is 6.31. The molecule has 1 aliphatic heterocycles. The Hall–Kier alpha value is -0.570. The van der Waals surface area contributed by atoms with E-state index < -0.39 is 5.60 Å². The summed E-state index contributed by atoms with van der Waals surface area (Å²) in [5, 5.41) is 10.9. The number of rotatable bonds is 1. The summed E-state index contributed by atoms with van der Waals surface area (Å²) in [5.74, 6) is 0. The van der Waals surface area contributed by atoms with Crippen LogP contribution in [0.5, 0.6) is 0 Å². The Kier molecular flexibility index (Phi) is 2.52. The summed E-state index contributed by atoms with van der Waals surface area (Å²) in [5.41, 5.74) is 1.00. The van der Waals surface area contributed by atoms with Gasteiger partial charge in [0.2, 0.25) is 0 Å². The van der Waals surface area contributed by atoms with E-state index in [1.807, 2.05) is 25.1 Å². The van der Waals surface area contributed by atoms with Crippen molar-refractivity contribution in [3.63, 3.8) is 0 Å². The number of benzene rings is 1. The summed E-state index contributed by atoms with van der Waals surface area (Å²) in [6, 6.07) is 5.69. The highest BCUT2D eigenvalue weighted by Gasteiger charge is 2.35. The quantitative estimate of drug-likeness (QED) is 0.774. The van der Waals surface area contributed by atoms with E-state index in [0.717, 1.165) is 11.1 Å². The first kappa shape index (κ1) is 9.97. The number of aryl methyl sites for hydroxylation is 1. The van der Waals surface area contributed by atoms with Crippen LogP contribution >= 0.6 is 11.6 Å². The standard InChI is InChI=1S/C11H13ClO2/c1-8-2-3-10(12)9(6-8)11(13)4-5-14-7-11/h2-3,6,13H,4-5,7H2,1H3. The second-order valence-corrected chi connectivity index (χ2v) is 4.22. The molecule has 0 aliphatic carbocycles. The Labute approximate surface area is 88.5 Å². The lowest BCUT2D eigenvalue weighted by Crippen LogP contribution is -2.26. The Morgan fingerprint density at radius 2 is 2.29 bits per heavy atom. The molecule has 1 unspecified atom stereocenters. The fraction of sp³-hybridized carbons (Fsp3) is 0.455. The number of hydrogen-bond acceptors (Lipinski definition) is 2. The third-order valence-electron chi connectivity index (χ3n) is 2.62. The second kappa shape index (κ2) is 3.54. The minimum absolute atomic E-state index is 0.343. The zero-order chi connectivity index (χ0) is 10.2. The van der Waals surface area contributed by atoms with Crippen LogP contribution in [0.3, 0.4) is 0 Å². The van der Waals surface area contributed by atoms with Gasteiger partial charge in [0.25, 0.3) is 0 Å². The molecule has 0 aromatic heterocycles. The van der Waals surface area contributed by atoms with Crippen LogP contribution in [0.4, 0.5) is 0 Å². The van der Waals surface area contributed by atoms with Crippen molar-refractivity contribution >= 4 is 11.6 Å². The molecular weight excluding hydrogens is 200 g/mol. The summed E-state index contributed by atoms with van der Waals surface area (Å²) < 4.78 is 5.20. The zero-order valence-corrected chi connectivity index (χ0v) is 8.84. The first-order valence-electron chi connectivity index (χ1n) is 4.69. The molecule has 2 nitrogen and oxygen atoms in total. The molecule has 76 valence electrons. The monoisotopic (exact) mass is 212 g/mol.